The fourth-order valence-electron chi connectivity index (χ4n) is 1.24. The van der Waals surface area contributed by atoms with Crippen molar-refractivity contribution in [3.63, 3.8) is 0 Å². The Labute approximate surface area is 88.6 Å². The van der Waals surface area contributed by atoms with E-state index in [-0.39, 0.29) is 5.88 Å². The maximum Gasteiger partial charge on any atom is 0.304 e. The molecule has 0 fully saturated rings. The Morgan fingerprint density at radius 3 is 2.69 bits per heavy atom. The van der Waals surface area contributed by atoms with E-state index in [1.165, 1.54) is 12.1 Å². The molecule has 2 rings (SSSR count). The topological polar surface area (TPSA) is 95.2 Å². The molecule has 0 saturated heterocycles. The molecule has 1 aromatic heterocycles. The number of benzene rings is 1. The molecule has 82 valence electrons. The van der Waals surface area contributed by atoms with Crippen molar-refractivity contribution < 1.29 is 13.8 Å². The maximum atomic E-state index is 13.3. The molecule has 1 heterocycles. The standard InChI is InChI=1S/C9H6FN3O3/c10-6-3-5(1-2-8(6)13(14)15)7-4-9(11)16-12-7/h1-4H,11H2. The van der Waals surface area contributed by atoms with Gasteiger partial charge in [0.2, 0.25) is 11.7 Å². The second-order valence-corrected chi connectivity index (χ2v) is 3.04. The van der Waals surface area contributed by atoms with Crippen molar-refractivity contribution in [2.45, 2.75) is 0 Å². The van der Waals surface area contributed by atoms with Crippen LogP contribution in [0.5, 0.6) is 0 Å². The van der Waals surface area contributed by atoms with Gasteiger partial charge in [0, 0.05) is 17.7 Å². The summed E-state index contributed by atoms with van der Waals surface area (Å²) in [6.45, 7) is 0. The Hall–Kier alpha value is -2.44. The summed E-state index contributed by atoms with van der Waals surface area (Å²) in [6.07, 6.45) is 0. The van der Waals surface area contributed by atoms with Crippen molar-refractivity contribution >= 4 is 11.6 Å². The molecule has 16 heavy (non-hydrogen) atoms. The number of rotatable bonds is 2. The number of nitrogens with zero attached hydrogens (tertiary/aromatic N) is 2. The van der Waals surface area contributed by atoms with E-state index in [2.05, 4.69) is 9.68 Å². The third-order valence-corrected chi connectivity index (χ3v) is 1.97. The second kappa shape index (κ2) is 3.61. The summed E-state index contributed by atoms with van der Waals surface area (Å²) >= 11 is 0. The lowest BCUT2D eigenvalue weighted by Crippen LogP contribution is -1.92. The van der Waals surface area contributed by atoms with Crippen LogP contribution in [0.4, 0.5) is 16.0 Å². The van der Waals surface area contributed by atoms with E-state index in [0.29, 0.717) is 11.3 Å². The summed E-state index contributed by atoms with van der Waals surface area (Å²) in [6, 6.07) is 4.85. The number of anilines is 1. The third-order valence-electron chi connectivity index (χ3n) is 1.97. The van der Waals surface area contributed by atoms with Gasteiger partial charge in [0.15, 0.2) is 0 Å². The van der Waals surface area contributed by atoms with Crippen molar-refractivity contribution in [2.24, 2.45) is 0 Å². The molecular weight excluding hydrogens is 217 g/mol. The van der Waals surface area contributed by atoms with Crippen molar-refractivity contribution in [3.8, 4) is 11.3 Å². The highest BCUT2D eigenvalue weighted by atomic mass is 19.1. The molecule has 0 aliphatic rings. The molecule has 0 bridgehead atoms. The highest BCUT2D eigenvalue weighted by Gasteiger charge is 2.15. The van der Waals surface area contributed by atoms with Crippen LogP contribution in [0.15, 0.2) is 28.8 Å². The summed E-state index contributed by atoms with van der Waals surface area (Å²) in [7, 11) is 0. The number of aromatic nitrogens is 1. The average molecular weight is 223 g/mol. The third kappa shape index (κ3) is 1.70. The molecule has 0 radical (unpaired) electrons. The van der Waals surface area contributed by atoms with Gasteiger partial charge in [0.25, 0.3) is 0 Å². The first-order valence-corrected chi connectivity index (χ1v) is 4.24. The number of halogens is 1. The minimum absolute atomic E-state index is 0.0914. The predicted octanol–water partition coefficient (Wildman–Crippen LogP) is 1.97. The molecule has 1 aromatic carbocycles. The zero-order valence-electron chi connectivity index (χ0n) is 7.88. The largest absolute Gasteiger partial charge is 0.368 e. The summed E-state index contributed by atoms with van der Waals surface area (Å²) in [5.41, 5.74) is 5.41. The van der Waals surface area contributed by atoms with E-state index in [0.717, 1.165) is 12.1 Å². The van der Waals surface area contributed by atoms with Crippen molar-refractivity contribution in [1.29, 1.82) is 0 Å². The average Bonchev–Trinajstić information content (AvgIpc) is 2.64. The van der Waals surface area contributed by atoms with Crippen LogP contribution in [-0.2, 0) is 0 Å². The molecule has 0 aliphatic heterocycles. The molecule has 0 saturated carbocycles. The summed E-state index contributed by atoms with van der Waals surface area (Å²) in [4.78, 5) is 9.59. The zero-order valence-corrected chi connectivity index (χ0v) is 7.88. The molecule has 0 spiro atoms. The lowest BCUT2D eigenvalue weighted by Gasteiger charge is -1.96. The summed E-state index contributed by atoms with van der Waals surface area (Å²) < 4.78 is 17.9. The van der Waals surface area contributed by atoms with E-state index in [9.17, 15) is 14.5 Å². The van der Waals surface area contributed by atoms with Gasteiger partial charge < -0.3 is 10.3 Å². The fourth-order valence-corrected chi connectivity index (χ4v) is 1.24. The van der Waals surface area contributed by atoms with Crippen molar-refractivity contribution in [3.05, 3.63) is 40.2 Å². The molecule has 0 atom stereocenters. The zero-order chi connectivity index (χ0) is 11.7. The number of nitrogen functional groups attached to an aromatic ring is 1. The Kier molecular flexibility index (Phi) is 2.28. The molecule has 7 heteroatoms. The second-order valence-electron chi connectivity index (χ2n) is 3.04. The van der Waals surface area contributed by atoms with Crippen molar-refractivity contribution in [2.75, 3.05) is 5.73 Å². The van der Waals surface area contributed by atoms with Gasteiger partial charge in [-0.25, -0.2) is 0 Å². The van der Waals surface area contributed by atoms with Crippen LogP contribution in [0.3, 0.4) is 0 Å². The van der Waals surface area contributed by atoms with Crippen LogP contribution in [0.1, 0.15) is 0 Å². The number of nitrogens with two attached hydrogens (primary N) is 1. The fraction of sp³-hybridized carbons (Fsp3) is 0. The van der Waals surface area contributed by atoms with E-state index >= 15 is 0 Å². The van der Waals surface area contributed by atoms with Crippen LogP contribution < -0.4 is 5.73 Å². The molecule has 6 nitrogen and oxygen atoms in total. The Morgan fingerprint density at radius 2 is 2.19 bits per heavy atom. The van der Waals surface area contributed by atoms with Crippen LogP contribution >= 0.6 is 0 Å². The van der Waals surface area contributed by atoms with Crippen molar-refractivity contribution in [1.82, 2.24) is 5.16 Å². The number of hydrogen-bond donors (Lipinski definition) is 1. The normalized spacial score (nSPS) is 10.3. The monoisotopic (exact) mass is 223 g/mol. The van der Waals surface area contributed by atoms with Gasteiger partial charge in [-0.3, -0.25) is 10.1 Å². The van der Waals surface area contributed by atoms with Crippen LogP contribution in [0.25, 0.3) is 11.3 Å². The van der Waals surface area contributed by atoms with E-state index < -0.39 is 16.4 Å². The van der Waals surface area contributed by atoms with Crippen LogP contribution in [0, 0.1) is 15.9 Å². The highest BCUT2D eigenvalue weighted by molar-refractivity contribution is 5.62. The van der Waals surface area contributed by atoms with E-state index in [1.807, 2.05) is 0 Å². The molecule has 2 aromatic rings. The molecule has 0 amide bonds. The first kappa shape index (κ1) is 10.1. The van der Waals surface area contributed by atoms with Gasteiger partial charge in [-0.05, 0) is 12.1 Å². The minimum atomic E-state index is -0.927. The number of nitro groups is 1. The Bertz CT molecular complexity index is 553. The maximum absolute atomic E-state index is 13.3. The molecular formula is C9H6FN3O3. The van der Waals surface area contributed by atoms with E-state index in [1.54, 1.807) is 0 Å². The van der Waals surface area contributed by atoms with Crippen LogP contribution in [-0.4, -0.2) is 10.1 Å². The predicted molar refractivity (Wildman–Crippen MR) is 53.0 cm³/mol. The number of hydrogen-bond acceptors (Lipinski definition) is 5. The number of nitro benzene ring substituents is 1. The molecule has 2 N–H and O–H groups in total. The highest BCUT2D eigenvalue weighted by Crippen LogP contribution is 2.25. The first-order valence-electron chi connectivity index (χ1n) is 4.24. The smallest absolute Gasteiger partial charge is 0.304 e. The molecule has 0 unspecified atom stereocenters. The summed E-state index contributed by atoms with van der Waals surface area (Å²) in [5, 5.41) is 14.0. The quantitative estimate of drug-likeness (QED) is 0.620. The van der Waals surface area contributed by atoms with Gasteiger partial charge in [0.05, 0.1) is 4.92 Å². The lowest BCUT2D eigenvalue weighted by atomic mass is 10.1. The first-order chi connectivity index (χ1) is 7.58. The molecule has 0 aliphatic carbocycles. The van der Waals surface area contributed by atoms with Gasteiger partial charge in [-0.2, -0.15) is 4.39 Å². The lowest BCUT2D eigenvalue weighted by molar-refractivity contribution is -0.387. The Morgan fingerprint density at radius 1 is 1.44 bits per heavy atom. The van der Waals surface area contributed by atoms with Gasteiger partial charge >= 0.3 is 5.69 Å². The summed E-state index contributed by atoms with van der Waals surface area (Å²) in [5.74, 6) is -0.835. The van der Waals surface area contributed by atoms with Crippen LogP contribution in [0.2, 0.25) is 0 Å². The van der Waals surface area contributed by atoms with E-state index in [4.69, 9.17) is 5.73 Å². The SMILES string of the molecule is Nc1cc(-c2ccc([N+](=O)[O-])c(F)c2)no1. The van der Waals surface area contributed by atoms with Gasteiger partial charge in [-0.1, -0.05) is 5.16 Å². The van der Waals surface area contributed by atoms with Gasteiger partial charge in [0.1, 0.15) is 5.69 Å². The van der Waals surface area contributed by atoms with Gasteiger partial charge in [-0.15, -0.1) is 0 Å². The Balaban J connectivity index is 2.45. The minimum Gasteiger partial charge on any atom is -0.368 e.